The molecule has 0 radical (unpaired) electrons. The molecule has 2 heterocycles. The smallest absolute Gasteiger partial charge is 0.340 e. The molecule has 2 aromatic carbocycles. The van der Waals surface area contributed by atoms with E-state index >= 15 is 0 Å². The Balaban J connectivity index is 1.58. The lowest BCUT2D eigenvalue weighted by atomic mass is 10.1. The van der Waals surface area contributed by atoms with Gasteiger partial charge in [-0.25, -0.2) is 4.79 Å². The molecule has 0 saturated carbocycles. The first-order valence-corrected chi connectivity index (χ1v) is 10.1. The average Bonchev–Trinajstić information content (AvgIpc) is 3.26. The van der Waals surface area contributed by atoms with Crippen LogP contribution < -0.4 is 10.9 Å². The van der Waals surface area contributed by atoms with Crippen molar-refractivity contribution in [2.75, 3.05) is 12.4 Å². The Bertz CT molecular complexity index is 1350. The number of carbonyl (C=O) groups is 1. The molecule has 0 atom stereocenters. The second-order valence-corrected chi connectivity index (χ2v) is 7.43. The number of hydrogen-bond acceptors (Lipinski definition) is 6. The van der Waals surface area contributed by atoms with Crippen molar-refractivity contribution in [3.8, 4) is 16.8 Å². The lowest BCUT2D eigenvalue weighted by Crippen LogP contribution is -2.24. The Morgan fingerprint density at radius 2 is 1.91 bits per heavy atom. The van der Waals surface area contributed by atoms with Crippen molar-refractivity contribution in [3.05, 3.63) is 93.6 Å². The Hall–Kier alpha value is -3.91. The number of anilines is 1. The maximum Gasteiger partial charge on any atom is 0.340 e. The fourth-order valence-corrected chi connectivity index (χ4v) is 3.49. The normalized spacial score (nSPS) is 10.7. The van der Waals surface area contributed by atoms with E-state index in [0.717, 1.165) is 21.4 Å². The van der Waals surface area contributed by atoms with Crippen LogP contribution in [0.1, 0.15) is 15.9 Å². The molecule has 0 amide bonds. The summed E-state index contributed by atoms with van der Waals surface area (Å²) < 4.78 is 7.63. The van der Waals surface area contributed by atoms with Gasteiger partial charge in [0.25, 0.3) is 5.56 Å². The fourth-order valence-electron chi connectivity index (χ4n) is 3.30. The number of benzene rings is 2. The van der Waals surface area contributed by atoms with Crippen molar-refractivity contribution >= 4 is 23.3 Å². The van der Waals surface area contributed by atoms with E-state index in [2.05, 4.69) is 15.5 Å². The van der Waals surface area contributed by atoms with Crippen LogP contribution in [-0.2, 0) is 18.3 Å². The number of para-hydroxylation sites is 1. The van der Waals surface area contributed by atoms with E-state index in [-0.39, 0.29) is 10.6 Å². The number of methoxy groups -OCH3 is 1. The first-order chi connectivity index (χ1) is 15.5. The number of nitrogens with zero attached hydrogens (tertiary/aromatic N) is 4. The summed E-state index contributed by atoms with van der Waals surface area (Å²) in [6, 6.07) is 14.5. The molecule has 2 aromatic heterocycles. The quantitative estimate of drug-likeness (QED) is 0.451. The third-order valence-electron chi connectivity index (χ3n) is 4.90. The Kier molecular flexibility index (Phi) is 6.04. The summed E-state index contributed by atoms with van der Waals surface area (Å²) in [4.78, 5) is 24.9. The molecule has 0 spiro atoms. The molecule has 1 N–H and O–H groups in total. The predicted molar refractivity (Wildman–Crippen MR) is 122 cm³/mol. The number of hydrogen-bond donors (Lipinski definition) is 1. The summed E-state index contributed by atoms with van der Waals surface area (Å²) in [7, 11) is 3.15. The number of esters is 1. The van der Waals surface area contributed by atoms with E-state index in [9.17, 15) is 9.59 Å². The third-order valence-corrected chi connectivity index (χ3v) is 5.27. The van der Waals surface area contributed by atoms with Crippen LogP contribution in [0.2, 0.25) is 5.02 Å². The van der Waals surface area contributed by atoms with Crippen LogP contribution in [0.25, 0.3) is 16.8 Å². The van der Waals surface area contributed by atoms with Crippen LogP contribution in [-0.4, -0.2) is 32.6 Å². The molecule has 0 bridgehead atoms. The first-order valence-electron chi connectivity index (χ1n) is 9.75. The van der Waals surface area contributed by atoms with Gasteiger partial charge in [0.05, 0.1) is 36.4 Å². The second kappa shape index (κ2) is 9.07. The van der Waals surface area contributed by atoms with Crippen LogP contribution in [0.5, 0.6) is 0 Å². The SMILES string of the molecule is COC(=O)c1ccccc1-n1ncc(NCc2cccc(-c3cnn(C)c3)c2)c(Cl)c1=O. The van der Waals surface area contributed by atoms with Crippen molar-refractivity contribution < 1.29 is 9.53 Å². The number of ether oxygens (including phenoxy) is 1. The lowest BCUT2D eigenvalue weighted by molar-refractivity contribution is 0.0600. The highest BCUT2D eigenvalue weighted by Gasteiger charge is 2.17. The fraction of sp³-hybridized carbons (Fsp3) is 0.130. The minimum absolute atomic E-state index is 0.0249. The minimum Gasteiger partial charge on any atom is -0.465 e. The summed E-state index contributed by atoms with van der Waals surface area (Å²) >= 11 is 6.35. The number of aromatic nitrogens is 4. The molecule has 32 heavy (non-hydrogen) atoms. The van der Waals surface area contributed by atoms with Crippen molar-refractivity contribution in [3.63, 3.8) is 0 Å². The molecule has 9 heteroatoms. The molecule has 0 aliphatic carbocycles. The van der Waals surface area contributed by atoms with Crippen LogP contribution >= 0.6 is 11.6 Å². The van der Waals surface area contributed by atoms with E-state index in [0.29, 0.717) is 17.9 Å². The van der Waals surface area contributed by atoms with Crippen molar-refractivity contribution in [1.82, 2.24) is 19.6 Å². The van der Waals surface area contributed by atoms with Gasteiger partial charge in [-0.3, -0.25) is 9.48 Å². The monoisotopic (exact) mass is 449 g/mol. The molecule has 162 valence electrons. The van der Waals surface area contributed by atoms with Crippen molar-refractivity contribution in [2.24, 2.45) is 7.05 Å². The summed E-state index contributed by atoms with van der Waals surface area (Å²) in [5.74, 6) is -0.568. The number of nitrogens with one attached hydrogen (secondary N) is 1. The van der Waals surface area contributed by atoms with Gasteiger partial charge in [-0.1, -0.05) is 41.9 Å². The number of halogens is 1. The largest absolute Gasteiger partial charge is 0.465 e. The zero-order valence-electron chi connectivity index (χ0n) is 17.4. The van der Waals surface area contributed by atoms with Gasteiger partial charge in [-0.05, 0) is 29.3 Å². The van der Waals surface area contributed by atoms with Gasteiger partial charge in [-0.2, -0.15) is 14.9 Å². The van der Waals surface area contributed by atoms with Gasteiger partial charge in [-0.15, -0.1) is 0 Å². The highest BCUT2D eigenvalue weighted by Crippen LogP contribution is 2.22. The second-order valence-electron chi connectivity index (χ2n) is 7.05. The van der Waals surface area contributed by atoms with E-state index < -0.39 is 11.5 Å². The number of rotatable bonds is 6. The van der Waals surface area contributed by atoms with Gasteiger partial charge in [0.1, 0.15) is 5.02 Å². The molecule has 0 aliphatic heterocycles. The maximum absolute atomic E-state index is 12.9. The van der Waals surface area contributed by atoms with E-state index in [1.807, 2.05) is 37.5 Å². The summed E-state index contributed by atoms with van der Waals surface area (Å²) in [6.07, 6.45) is 5.21. The van der Waals surface area contributed by atoms with Gasteiger partial charge in [0, 0.05) is 25.4 Å². The number of aryl methyl sites for hydroxylation is 1. The third kappa shape index (κ3) is 4.26. The molecule has 4 aromatic rings. The van der Waals surface area contributed by atoms with Crippen LogP contribution in [0, 0.1) is 0 Å². The molecular formula is C23H20ClN5O3. The highest BCUT2D eigenvalue weighted by molar-refractivity contribution is 6.33. The summed E-state index contributed by atoms with van der Waals surface area (Å²) in [5.41, 5.74) is 3.42. The zero-order chi connectivity index (χ0) is 22.7. The Labute approximate surface area is 189 Å². The van der Waals surface area contributed by atoms with Crippen LogP contribution in [0.15, 0.2) is 71.9 Å². The van der Waals surface area contributed by atoms with E-state index in [4.69, 9.17) is 16.3 Å². The Morgan fingerprint density at radius 1 is 1.09 bits per heavy atom. The van der Waals surface area contributed by atoms with Gasteiger partial charge < -0.3 is 10.1 Å². The summed E-state index contributed by atoms with van der Waals surface area (Å²) in [5, 5.41) is 11.5. The zero-order valence-corrected chi connectivity index (χ0v) is 18.2. The number of carbonyl (C=O) groups excluding carboxylic acids is 1. The van der Waals surface area contributed by atoms with Crippen molar-refractivity contribution in [2.45, 2.75) is 6.54 Å². The Morgan fingerprint density at radius 3 is 2.66 bits per heavy atom. The topological polar surface area (TPSA) is 91.0 Å². The summed E-state index contributed by atoms with van der Waals surface area (Å²) in [6.45, 7) is 0.442. The average molecular weight is 450 g/mol. The molecule has 0 aliphatic rings. The van der Waals surface area contributed by atoms with Gasteiger partial charge in [0.2, 0.25) is 0 Å². The highest BCUT2D eigenvalue weighted by atomic mass is 35.5. The molecule has 0 saturated heterocycles. The van der Waals surface area contributed by atoms with Crippen LogP contribution in [0.3, 0.4) is 0 Å². The molecule has 0 unspecified atom stereocenters. The molecule has 4 rings (SSSR count). The van der Waals surface area contributed by atoms with E-state index in [1.165, 1.54) is 13.3 Å². The van der Waals surface area contributed by atoms with Gasteiger partial charge >= 0.3 is 5.97 Å². The van der Waals surface area contributed by atoms with E-state index in [1.54, 1.807) is 35.1 Å². The lowest BCUT2D eigenvalue weighted by Gasteiger charge is -2.12. The minimum atomic E-state index is -0.568. The maximum atomic E-state index is 12.9. The molecule has 8 nitrogen and oxygen atoms in total. The first kappa shape index (κ1) is 21.3. The standard InChI is InChI=1S/C23H20ClN5O3/c1-28-14-17(12-26-28)16-7-5-6-15(10-16)11-25-19-13-27-29(22(30)21(19)24)20-9-4-3-8-18(20)23(31)32-2/h3-10,12-14,25H,11H2,1-2H3. The predicted octanol–water partition coefficient (Wildman–Crippen LogP) is 3.69. The van der Waals surface area contributed by atoms with Crippen LogP contribution in [0.4, 0.5) is 5.69 Å². The molecule has 0 fully saturated rings. The molecular weight excluding hydrogens is 430 g/mol. The van der Waals surface area contributed by atoms with Crippen molar-refractivity contribution in [1.29, 1.82) is 0 Å². The van der Waals surface area contributed by atoms with Gasteiger partial charge in [0.15, 0.2) is 0 Å².